The lowest BCUT2D eigenvalue weighted by Crippen LogP contribution is -2.07. The van der Waals surface area contributed by atoms with Gasteiger partial charge in [0.2, 0.25) is 0 Å². The predicted octanol–water partition coefficient (Wildman–Crippen LogP) is 5.70. The van der Waals surface area contributed by atoms with Gasteiger partial charge in [-0.25, -0.2) is 0 Å². The Labute approximate surface area is 130 Å². The number of hydrogen-bond donors (Lipinski definition) is 1. The molecule has 2 aromatic rings. The maximum absolute atomic E-state index is 12.7. The first-order valence-electron chi connectivity index (χ1n) is 6.44. The van der Waals surface area contributed by atoms with Gasteiger partial charge < -0.3 is 5.32 Å². The van der Waals surface area contributed by atoms with Crippen LogP contribution < -0.4 is 5.32 Å². The highest BCUT2D eigenvalue weighted by molar-refractivity contribution is 9.10. The lowest BCUT2D eigenvalue weighted by Gasteiger charge is -2.14. The van der Waals surface area contributed by atoms with Gasteiger partial charge in [-0.1, -0.05) is 28.1 Å². The lowest BCUT2D eigenvalue weighted by atomic mass is 10.1. The van der Waals surface area contributed by atoms with E-state index in [9.17, 15) is 13.2 Å². The average Bonchev–Trinajstić information content (AvgIpc) is 2.36. The van der Waals surface area contributed by atoms with Crippen molar-refractivity contribution >= 4 is 21.6 Å². The van der Waals surface area contributed by atoms with E-state index in [0.29, 0.717) is 12.1 Å². The summed E-state index contributed by atoms with van der Waals surface area (Å²) in [5.41, 5.74) is 3.04. The largest absolute Gasteiger partial charge is 0.416 e. The molecule has 112 valence electrons. The Morgan fingerprint density at radius 2 is 1.67 bits per heavy atom. The van der Waals surface area contributed by atoms with Crippen molar-refractivity contribution in [2.75, 3.05) is 5.32 Å². The van der Waals surface area contributed by atoms with E-state index in [1.807, 2.05) is 26.0 Å². The summed E-state index contributed by atoms with van der Waals surface area (Å²) in [4.78, 5) is 0. The van der Waals surface area contributed by atoms with Gasteiger partial charge in [-0.15, -0.1) is 0 Å². The first-order valence-corrected chi connectivity index (χ1v) is 7.23. The van der Waals surface area contributed by atoms with E-state index < -0.39 is 11.7 Å². The summed E-state index contributed by atoms with van der Waals surface area (Å²) in [7, 11) is 0. The maximum Gasteiger partial charge on any atom is 0.416 e. The molecular weight excluding hydrogens is 343 g/mol. The van der Waals surface area contributed by atoms with Gasteiger partial charge in [-0.3, -0.25) is 0 Å². The van der Waals surface area contributed by atoms with Gasteiger partial charge in [0.15, 0.2) is 0 Å². The van der Waals surface area contributed by atoms with Gasteiger partial charge in [-0.05, 0) is 54.8 Å². The van der Waals surface area contributed by atoms with E-state index in [-0.39, 0.29) is 0 Å². The van der Waals surface area contributed by atoms with Crippen molar-refractivity contribution in [1.29, 1.82) is 0 Å². The third kappa shape index (κ3) is 4.00. The molecule has 0 aliphatic carbocycles. The van der Waals surface area contributed by atoms with Crippen LogP contribution in [0.25, 0.3) is 0 Å². The molecule has 21 heavy (non-hydrogen) atoms. The number of anilines is 1. The van der Waals surface area contributed by atoms with Crippen molar-refractivity contribution in [1.82, 2.24) is 0 Å². The van der Waals surface area contributed by atoms with Crippen LogP contribution in [0.15, 0.2) is 40.9 Å². The molecule has 0 aliphatic rings. The van der Waals surface area contributed by atoms with Crippen molar-refractivity contribution in [3.8, 4) is 0 Å². The van der Waals surface area contributed by atoms with Crippen LogP contribution in [0.5, 0.6) is 0 Å². The zero-order valence-corrected chi connectivity index (χ0v) is 13.3. The quantitative estimate of drug-likeness (QED) is 0.743. The van der Waals surface area contributed by atoms with Crippen molar-refractivity contribution < 1.29 is 13.2 Å². The average molecular weight is 358 g/mol. The van der Waals surface area contributed by atoms with E-state index in [0.717, 1.165) is 27.4 Å². The molecule has 0 aromatic heterocycles. The fourth-order valence-corrected chi connectivity index (χ4v) is 2.92. The molecule has 0 heterocycles. The van der Waals surface area contributed by atoms with E-state index in [4.69, 9.17) is 0 Å². The third-order valence-corrected chi connectivity index (χ3v) is 3.68. The summed E-state index contributed by atoms with van der Waals surface area (Å²) in [6, 6.07) is 9.33. The Morgan fingerprint density at radius 1 is 1.05 bits per heavy atom. The fourth-order valence-electron chi connectivity index (χ4n) is 2.24. The molecule has 0 fully saturated rings. The lowest BCUT2D eigenvalue weighted by molar-refractivity contribution is -0.137. The first-order chi connectivity index (χ1) is 9.77. The van der Waals surface area contributed by atoms with E-state index in [1.165, 1.54) is 12.1 Å². The van der Waals surface area contributed by atoms with Crippen LogP contribution in [-0.2, 0) is 12.7 Å². The summed E-state index contributed by atoms with van der Waals surface area (Å²) in [6.45, 7) is 4.28. The van der Waals surface area contributed by atoms with Crippen LogP contribution in [0.3, 0.4) is 0 Å². The van der Waals surface area contributed by atoms with Crippen molar-refractivity contribution in [3.63, 3.8) is 0 Å². The van der Waals surface area contributed by atoms with Crippen LogP contribution in [0.4, 0.5) is 18.9 Å². The van der Waals surface area contributed by atoms with Crippen molar-refractivity contribution in [2.45, 2.75) is 26.6 Å². The monoisotopic (exact) mass is 357 g/mol. The van der Waals surface area contributed by atoms with E-state index in [1.54, 1.807) is 6.07 Å². The zero-order valence-electron chi connectivity index (χ0n) is 11.7. The second-order valence-electron chi connectivity index (χ2n) is 4.97. The molecule has 0 unspecified atom stereocenters. The Balaban J connectivity index is 2.18. The summed E-state index contributed by atoms with van der Waals surface area (Å²) >= 11 is 3.42. The first kappa shape index (κ1) is 15.9. The summed E-state index contributed by atoms with van der Waals surface area (Å²) in [5.74, 6) is 0. The molecule has 1 nitrogen and oxygen atoms in total. The van der Waals surface area contributed by atoms with E-state index in [2.05, 4.69) is 21.2 Å². The molecule has 2 rings (SSSR count). The Bertz CT molecular complexity index is 627. The molecule has 0 radical (unpaired) electrons. The van der Waals surface area contributed by atoms with Crippen molar-refractivity contribution in [3.05, 3.63) is 63.1 Å². The Morgan fingerprint density at radius 3 is 2.24 bits per heavy atom. The smallest absolute Gasteiger partial charge is 0.381 e. The van der Waals surface area contributed by atoms with Crippen LogP contribution in [-0.4, -0.2) is 0 Å². The predicted molar refractivity (Wildman–Crippen MR) is 82.4 cm³/mol. The van der Waals surface area contributed by atoms with Gasteiger partial charge in [-0.2, -0.15) is 13.2 Å². The van der Waals surface area contributed by atoms with E-state index >= 15 is 0 Å². The minimum Gasteiger partial charge on any atom is -0.381 e. The molecule has 2 aromatic carbocycles. The van der Waals surface area contributed by atoms with Crippen LogP contribution in [0, 0.1) is 13.8 Å². The molecular formula is C16H15BrF3N. The molecule has 0 aliphatic heterocycles. The van der Waals surface area contributed by atoms with Crippen LogP contribution in [0.2, 0.25) is 0 Å². The SMILES string of the molecule is Cc1cc(Br)cc(C)c1NCc1cccc(C(F)(F)F)c1. The number of rotatable bonds is 3. The maximum atomic E-state index is 12.7. The summed E-state index contributed by atoms with van der Waals surface area (Å²) < 4.78 is 39.0. The molecule has 5 heteroatoms. The number of alkyl halides is 3. The van der Waals surface area contributed by atoms with Crippen LogP contribution in [0.1, 0.15) is 22.3 Å². The van der Waals surface area contributed by atoms with Gasteiger partial charge >= 0.3 is 6.18 Å². The zero-order chi connectivity index (χ0) is 15.6. The highest BCUT2D eigenvalue weighted by atomic mass is 79.9. The number of aryl methyl sites for hydroxylation is 2. The van der Waals surface area contributed by atoms with Crippen molar-refractivity contribution in [2.24, 2.45) is 0 Å². The van der Waals surface area contributed by atoms with Gasteiger partial charge in [0.1, 0.15) is 0 Å². The number of benzene rings is 2. The molecule has 0 spiro atoms. The highest BCUT2D eigenvalue weighted by Gasteiger charge is 2.30. The number of nitrogens with one attached hydrogen (secondary N) is 1. The fraction of sp³-hybridized carbons (Fsp3) is 0.250. The molecule has 0 saturated heterocycles. The molecule has 0 atom stereocenters. The van der Waals surface area contributed by atoms with Gasteiger partial charge in [0, 0.05) is 16.7 Å². The number of halogens is 4. The minimum atomic E-state index is -4.31. The second kappa shape index (κ2) is 6.10. The number of hydrogen-bond acceptors (Lipinski definition) is 1. The van der Waals surface area contributed by atoms with Crippen LogP contribution >= 0.6 is 15.9 Å². The Kier molecular flexibility index (Phi) is 4.61. The topological polar surface area (TPSA) is 12.0 Å². The summed E-state index contributed by atoms with van der Waals surface area (Å²) in [6.07, 6.45) is -4.31. The molecule has 0 bridgehead atoms. The molecule has 1 N–H and O–H groups in total. The molecule has 0 saturated carbocycles. The second-order valence-corrected chi connectivity index (χ2v) is 5.88. The Hall–Kier alpha value is -1.49. The minimum absolute atomic E-state index is 0.354. The highest BCUT2D eigenvalue weighted by Crippen LogP contribution is 2.30. The summed E-state index contributed by atoms with van der Waals surface area (Å²) in [5, 5.41) is 3.22. The van der Waals surface area contributed by atoms with Gasteiger partial charge in [0.05, 0.1) is 5.56 Å². The third-order valence-electron chi connectivity index (χ3n) is 3.22. The molecule has 0 amide bonds. The normalized spacial score (nSPS) is 11.5. The standard InChI is InChI=1S/C16H15BrF3N/c1-10-6-14(17)7-11(2)15(10)21-9-12-4-3-5-13(8-12)16(18,19)20/h3-8,21H,9H2,1-2H3. The van der Waals surface area contributed by atoms with Gasteiger partial charge in [0.25, 0.3) is 0 Å².